The number of nitrogen functional groups attached to an aromatic ring is 1. The van der Waals surface area contributed by atoms with Gasteiger partial charge in [0.25, 0.3) is 11.6 Å². The second-order valence-corrected chi connectivity index (χ2v) is 5.24. The molecule has 0 aliphatic heterocycles. The second-order valence-electron chi connectivity index (χ2n) is 4.36. The maximum atomic E-state index is 11.0. The van der Waals surface area contributed by atoms with E-state index in [0.29, 0.717) is 16.1 Å². The number of hydrogen-bond donors (Lipinski definition) is 1. The highest BCUT2D eigenvalue weighted by Crippen LogP contribution is 2.35. The fourth-order valence-corrected chi connectivity index (χ4v) is 2.76. The summed E-state index contributed by atoms with van der Waals surface area (Å²) in [7, 11) is 0. The van der Waals surface area contributed by atoms with Gasteiger partial charge in [-0.3, -0.25) is 10.1 Å². The lowest BCUT2D eigenvalue weighted by molar-refractivity contribution is -0.384. The summed E-state index contributed by atoms with van der Waals surface area (Å²) in [5.74, 6) is 0.432. The molecular weight excluding hydrogens is 292 g/mol. The van der Waals surface area contributed by atoms with Crippen molar-refractivity contribution in [1.29, 1.82) is 0 Å². The van der Waals surface area contributed by atoms with Crippen LogP contribution in [-0.2, 0) is 0 Å². The Kier molecular flexibility index (Phi) is 3.15. The number of rotatable bonds is 3. The zero-order valence-corrected chi connectivity index (χ0v) is 11.8. The first-order valence-electron chi connectivity index (χ1n) is 5.99. The second kappa shape index (κ2) is 4.98. The van der Waals surface area contributed by atoms with E-state index in [0.717, 1.165) is 5.56 Å². The van der Waals surface area contributed by atoms with Crippen LogP contribution in [0.5, 0.6) is 0 Å². The molecule has 21 heavy (non-hydrogen) atoms. The van der Waals surface area contributed by atoms with Gasteiger partial charge >= 0.3 is 0 Å². The molecule has 0 saturated heterocycles. The highest BCUT2D eigenvalue weighted by Gasteiger charge is 2.21. The molecule has 0 spiro atoms. The van der Waals surface area contributed by atoms with E-state index in [-0.39, 0.29) is 17.4 Å². The highest BCUT2D eigenvalue weighted by atomic mass is 32.1. The van der Waals surface area contributed by atoms with Crippen molar-refractivity contribution < 1.29 is 9.45 Å². The van der Waals surface area contributed by atoms with Gasteiger partial charge in [-0.15, -0.1) is 11.3 Å². The van der Waals surface area contributed by atoms with E-state index >= 15 is 0 Å². The van der Waals surface area contributed by atoms with Crippen LogP contribution in [0.3, 0.4) is 0 Å². The molecule has 2 heterocycles. The number of para-hydroxylation sites is 1. The predicted molar refractivity (Wildman–Crippen MR) is 78.9 cm³/mol. The van der Waals surface area contributed by atoms with Crippen LogP contribution in [0, 0.1) is 17.0 Å². The molecule has 0 aliphatic carbocycles. The van der Waals surface area contributed by atoms with Crippen LogP contribution in [-0.4, -0.2) is 15.1 Å². The van der Waals surface area contributed by atoms with Crippen LogP contribution >= 0.6 is 11.3 Å². The maximum absolute atomic E-state index is 11.0. The highest BCUT2D eigenvalue weighted by molar-refractivity contribution is 7.14. The fraction of sp³-hybridized carbons (Fsp3) is 0.0769. The first kappa shape index (κ1) is 13.3. The van der Waals surface area contributed by atoms with Crippen LogP contribution in [0.1, 0.15) is 5.56 Å². The van der Waals surface area contributed by atoms with Crippen molar-refractivity contribution in [2.45, 2.75) is 6.92 Å². The van der Waals surface area contributed by atoms with E-state index in [1.165, 1.54) is 17.4 Å². The zero-order valence-electron chi connectivity index (χ0n) is 10.9. The summed E-state index contributed by atoms with van der Waals surface area (Å²) >= 11 is 1.39. The third kappa shape index (κ3) is 2.25. The average Bonchev–Trinajstić information content (AvgIpc) is 3.07. The van der Waals surface area contributed by atoms with Crippen LogP contribution in [0.15, 0.2) is 34.2 Å². The Morgan fingerprint density at radius 2 is 2.14 bits per heavy atom. The molecule has 2 N–H and O–H groups in total. The van der Waals surface area contributed by atoms with Crippen molar-refractivity contribution in [3.8, 4) is 22.2 Å². The Balaban J connectivity index is 2.07. The number of anilines is 1. The van der Waals surface area contributed by atoms with E-state index < -0.39 is 4.92 Å². The number of aromatic nitrogens is 2. The minimum Gasteiger partial charge on any atom is -0.397 e. The molecule has 0 saturated carbocycles. The summed E-state index contributed by atoms with van der Waals surface area (Å²) in [6.45, 7) is 1.88. The van der Waals surface area contributed by atoms with E-state index in [4.69, 9.17) is 10.3 Å². The lowest BCUT2D eigenvalue weighted by Crippen LogP contribution is -1.92. The number of hydrogen-bond acceptors (Lipinski definition) is 7. The smallest absolute Gasteiger partial charge is 0.280 e. The molecule has 0 radical (unpaired) electrons. The van der Waals surface area contributed by atoms with Gasteiger partial charge in [-0.05, 0) is 23.9 Å². The lowest BCUT2D eigenvalue weighted by Gasteiger charge is -1.96. The summed E-state index contributed by atoms with van der Waals surface area (Å²) in [6, 6.07) is 6.25. The maximum Gasteiger partial charge on any atom is 0.280 e. The Bertz CT molecular complexity index is 824. The summed E-state index contributed by atoms with van der Waals surface area (Å²) in [5, 5.41) is 16.7. The number of benzene rings is 1. The van der Waals surface area contributed by atoms with Gasteiger partial charge in [0.1, 0.15) is 10.4 Å². The largest absolute Gasteiger partial charge is 0.397 e. The van der Waals surface area contributed by atoms with Crippen molar-refractivity contribution in [2.75, 3.05) is 5.73 Å². The zero-order chi connectivity index (χ0) is 15.0. The van der Waals surface area contributed by atoms with E-state index in [1.54, 1.807) is 18.2 Å². The molecule has 8 heteroatoms. The SMILES string of the molecule is Cc1csc(-c2nc(-c3ccccc3[N+](=O)[O-])no2)c1N. The number of nitrogens with two attached hydrogens (primary N) is 1. The summed E-state index contributed by atoms with van der Waals surface area (Å²) in [5.41, 5.74) is 7.69. The molecule has 0 atom stereocenters. The van der Waals surface area contributed by atoms with Gasteiger partial charge in [-0.1, -0.05) is 17.3 Å². The van der Waals surface area contributed by atoms with E-state index in [1.807, 2.05) is 12.3 Å². The van der Waals surface area contributed by atoms with Gasteiger partial charge in [0.2, 0.25) is 5.82 Å². The Morgan fingerprint density at radius 3 is 2.81 bits per heavy atom. The molecule has 0 amide bonds. The van der Waals surface area contributed by atoms with Gasteiger partial charge in [0.15, 0.2) is 0 Å². The lowest BCUT2D eigenvalue weighted by atomic mass is 10.2. The van der Waals surface area contributed by atoms with Gasteiger partial charge in [-0.2, -0.15) is 4.98 Å². The molecule has 3 aromatic rings. The molecule has 3 rings (SSSR count). The van der Waals surface area contributed by atoms with E-state index in [9.17, 15) is 10.1 Å². The third-order valence-corrected chi connectivity index (χ3v) is 4.09. The van der Waals surface area contributed by atoms with Crippen LogP contribution in [0.2, 0.25) is 0 Å². The number of nitro benzene ring substituents is 1. The molecule has 7 nitrogen and oxygen atoms in total. The van der Waals surface area contributed by atoms with Crippen molar-refractivity contribution >= 4 is 22.7 Å². The fourth-order valence-electron chi connectivity index (χ4n) is 1.87. The number of thiophene rings is 1. The first-order chi connectivity index (χ1) is 10.1. The third-order valence-electron chi connectivity index (χ3n) is 2.98. The standard InChI is InChI=1S/C13H10N4O3S/c1-7-6-21-11(10(7)14)13-15-12(16-20-13)8-4-2-3-5-9(8)17(18)19/h2-6H,14H2,1H3. The molecule has 0 bridgehead atoms. The topological polar surface area (TPSA) is 108 Å². The van der Waals surface area contributed by atoms with Crippen molar-refractivity contribution in [1.82, 2.24) is 10.1 Å². The van der Waals surface area contributed by atoms with Gasteiger partial charge in [0, 0.05) is 6.07 Å². The molecule has 1 aromatic carbocycles. The molecule has 0 fully saturated rings. The minimum absolute atomic E-state index is 0.0693. The molecule has 106 valence electrons. The number of nitrogens with zero attached hydrogens (tertiary/aromatic N) is 3. The summed E-state index contributed by atoms with van der Waals surface area (Å²) in [6.07, 6.45) is 0. The Hall–Kier alpha value is -2.74. The Labute approximate surface area is 123 Å². The normalized spacial score (nSPS) is 10.7. The minimum atomic E-state index is -0.477. The van der Waals surface area contributed by atoms with Gasteiger partial charge < -0.3 is 10.3 Å². The Morgan fingerprint density at radius 1 is 1.38 bits per heavy atom. The van der Waals surface area contributed by atoms with Crippen LogP contribution in [0.4, 0.5) is 11.4 Å². The van der Waals surface area contributed by atoms with E-state index in [2.05, 4.69) is 10.1 Å². The number of aryl methyl sites for hydroxylation is 1. The predicted octanol–water partition coefficient (Wildman–Crippen LogP) is 3.26. The first-order valence-corrected chi connectivity index (χ1v) is 6.87. The molecule has 2 aromatic heterocycles. The van der Waals surface area contributed by atoms with Crippen LogP contribution < -0.4 is 5.73 Å². The molecule has 0 unspecified atom stereocenters. The monoisotopic (exact) mass is 302 g/mol. The molecule has 0 aliphatic rings. The number of nitro groups is 1. The summed E-state index contributed by atoms with van der Waals surface area (Å²) < 4.78 is 5.18. The van der Waals surface area contributed by atoms with Crippen molar-refractivity contribution in [3.05, 3.63) is 45.3 Å². The van der Waals surface area contributed by atoms with Crippen molar-refractivity contribution in [3.63, 3.8) is 0 Å². The molecular formula is C13H10N4O3S. The van der Waals surface area contributed by atoms with Crippen LogP contribution in [0.25, 0.3) is 22.2 Å². The summed E-state index contributed by atoms with van der Waals surface area (Å²) in [4.78, 5) is 15.4. The van der Waals surface area contributed by atoms with Gasteiger partial charge in [-0.25, -0.2) is 0 Å². The average molecular weight is 302 g/mol. The van der Waals surface area contributed by atoms with Crippen molar-refractivity contribution in [2.24, 2.45) is 0 Å². The quantitative estimate of drug-likeness (QED) is 0.587. The van der Waals surface area contributed by atoms with Gasteiger partial charge in [0.05, 0.1) is 10.6 Å².